The summed E-state index contributed by atoms with van der Waals surface area (Å²) < 4.78 is 5.49. The van der Waals surface area contributed by atoms with E-state index in [1.165, 1.54) is 0 Å². The van der Waals surface area contributed by atoms with Crippen LogP contribution in [0.5, 0.6) is 0 Å². The molecular weight excluding hydrogens is 204 g/mol. The maximum Gasteiger partial charge on any atom is 0.227 e. The number of hydrogen-bond acceptors (Lipinski definition) is 3. The van der Waals surface area contributed by atoms with Crippen LogP contribution in [-0.4, -0.2) is 38.3 Å². The molecule has 0 aliphatic carbocycles. The second-order valence-electron chi connectivity index (χ2n) is 5.19. The van der Waals surface area contributed by atoms with Gasteiger partial charge in [-0.3, -0.25) is 4.79 Å². The number of ether oxygens (including phenoxy) is 1. The van der Waals surface area contributed by atoms with Crippen LogP contribution in [0.25, 0.3) is 0 Å². The summed E-state index contributed by atoms with van der Waals surface area (Å²) in [6, 6.07) is 0. The topological polar surface area (TPSA) is 50.4 Å². The monoisotopic (exact) mass is 226 g/mol. The van der Waals surface area contributed by atoms with E-state index in [-0.39, 0.29) is 17.4 Å². The minimum atomic E-state index is -0.225. The zero-order chi connectivity index (χ0) is 11.4. The second-order valence-corrected chi connectivity index (χ2v) is 5.19. The van der Waals surface area contributed by atoms with Crippen molar-refractivity contribution in [1.29, 1.82) is 0 Å². The van der Waals surface area contributed by atoms with Crippen LogP contribution in [0, 0.1) is 5.41 Å². The molecule has 4 heteroatoms. The van der Waals surface area contributed by atoms with E-state index in [2.05, 4.69) is 10.6 Å². The van der Waals surface area contributed by atoms with Gasteiger partial charge in [-0.05, 0) is 39.2 Å². The van der Waals surface area contributed by atoms with Crippen molar-refractivity contribution in [3.8, 4) is 0 Å². The van der Waals surface area contributed by atoms with Crippen molar-refractivity contribution in [3.63, 3.8) is 0 Å². The van der Waals surface area contributed by atoms with Crippen LogP contribution in [0.1, 0.15) is 32.6 Å². The van der Waals surface area contributed by atoms with Crippen molar-refractivity contribution in [2.75, 3.05) is 26.2 Å². The van der Waals surface area contributed by atoms with Gasteiger partial charge in [-0.1, -0.05) is 0 Å². The lowest BCUT2D eigenvalue weighted by molar-refractivity contribution is -0.131. The quantitative estimate of drug-likeness (QED) is 0.743. The number of rotatable bonds is 3. The van der Waals surface area contributed by atoms with Gasteiger partial charge in [0.15, 0.2) is 0 Å². The smallest absolute Gasteiger partial charge is 0.227 e. The average molecular weight is 226 g/mol. The Kier molecular flexibility index (Phi) is 3.82. The fourth-order valence-electron chi connectivity index (χ4n) is 2.48. The minimum absolute atomic E-state index is 0.176. The van der Waals surface area contributed by atoms with Crippen molar-refractivity contribution in [3.05, 3.63) is 0 Å². The van der Waals surface area contributed by atoms with Crippen LogP contribution in [0.4, 0.5) is 0 Å². The maximum atomic E-state index is 12.1. The molecule has 0 bridgehead atoms. The Morgan fingerprint density at radius 3 is 3.06 bits per heavy atom. The summed E-state index contributed by atoms with van der Waals surface area (Å²) in [5.74, 6) is 0.176. The van der Waals surface area contributed by atoms with E-state index in [0.29, 0.717) is 6.54 Å². The maximum absolute atomic E-state index is 12.1. The zero-order valence-electron chi connectivity index (χ0n) is 10.1. The molecule has 2 fully saturated rings. The Hall–Kier alpha value is -0.610. The first-order chi connectivity index (χ1) is 7.71. The summed E-state index contributed by atoms with van der Waals surface area (Å²) in [4.78, 5) is 12.1. The molecule has 0 aromatic heterocycles. The molecule has 92 valence electrons. The summed E-state index contributed by atoms with van der Waals surface area (Å²) in [6.45, 7) is 5.40. The first-order valence-electron chi connectivity index (χ1n) is 6.31. The molecule has 2 N–H and O–H groups in total. The van der Waals surface area contributed by atoms with Gasteiger partial charge in [0.2, 0.25) is 5.91 Å². The lowest BCUT2D eigenvalue weighted by atomic mass is 9.82. The lowest BCUT2D eigenvalue weighted by Crippen LogP contribution is -2.49. The van der Waals surface area contributed by atoms with Gasteiger partial charge in [0.25, 0.3) is 0 Å². The summed E-state index contributed by atoms with van der Waals surface area (Å²) in [5.41, 5.74) is -0.225. The van der Waals surface area contributed by atoms with Gasteiger partial charge in [-0.25, -0.2) is 0 Å². The number of nitrogens with one attached hydrogen (secondary N) is 2. The fraction of sp³-hybridized carbons (Fsp3) is 0.917. The van der Waals surface area contributed by atoms with Crippen molar-refractivity contribution >= 4 is 5.91 Å². The fourth-order valence-corrected chi connectivity index (χ4v) is 2.48. The van der Waals surface area contributed by atoms with Gasteiger partial charge in [-0.2, -0.15) is 0 Å². The highest BCUT2D eigenvalue weighted by Crippen LogP contribution is 2.25. The predicted molar refractivity (Wildman–Crippen MR) is 62.2 cm³/mol. The molecule has 1 amide bonds. The third-order valence-corrected chi connectivity index (χ3v) is 3.66. The molecule has 0 aromatic carbocycles. The summed E-state index contributed by atoms with van der Waals surface area (Å²) in [5, 5.41) is 6.32. The summed E-state index contributed by atoms with van der Waals surface area (Å²) in [7, 11) is 0. The van der Waals surface area contributed by atoms with Gasteiger partial charge in [0.05, 0.1) is 11.5 Å². The zero-order valence-corrected chi connectivity index (χ0v) is 10.1. The highest BCUT2D eigenvalue weighted by atomic mass is 16.5. The van der Waals surface area contributed by atoms with Crippen molar-refractivity contribution in [2.24, 2.45) is 5.41 Å². The third-order valence-electron chi connectivity index (χ3n) is 3.66. The van der Waals surface area contributed by atoms with Crippen LogP contribution in [0.3, 0.4) is 0 Å². The van der Waals surface area contributed by atoms with Crippen LogP contribution in [-0.2, 0) is 9.53 Å². The first-order valence-corrected chi connectivity index (χ1v) is 6.31. The number of hydrogen-bond donors (Lipinski definition) is 2. The number of carbonyl (C=O) groups excluding carboxylic acids is 1. The van der Waals surface area contributed by atoms with Gasteiger partial charge >= 0.3 is 0 Å². The molecule has 16 heavy (non-hydrogen) atoms. The van der Waals surface area contributed by atoms with E-state index in [1.807, 2.05) is 6.92 Å². The molecule has 2 rings (SSSR count). The van der Waals surface area contributed by atoms with E-state index in [9.17, 15) is 4.79 Å². The Labute approximate surface area is 97.1 Å². The largest absolute Gasteiger partial charge is 0.376 e. The van der Waals surface area contributed by atoms with Crippen LogP contribution in [0.2, 0.25) is 0 Å². The van der Waals surface area contributed by atoms with Crippen molar-refractivity contribution in [2.45, 2.75) is 38.7 Å². The normalized spacial score (nSPS) is 34.9. The predicted octanol–water partition coefficient (Wildman–Crippen LogP) is 0.671. The molecule has 2 unspecified atom stereocenters. The highest BCUT2D eigenvalue weighted by Gasteiger charge is 2.34. The standard InChI is InChI=1S/C12H22N2O2/c1-12(5-3-6-13-9-12)11(15)14-8-10-4-2-7-16-10/h10,13H,2-9H2,1H3,(H,14,15). The van der Waals surface area contributed by atoms with Crippen LogP contribution >= 0.6 is 0 Å². The Morgan fingerprint density at radius 2 is 2.44 bits per heavy atom. The minimum Gasteiger partial charge on any atom is -0.376 e. The average Bonchev–Trinajstić information content (AvgIpc) is 2.79. The highest BCUT2D eigenvalue weighted by molar-refractivity contribution is 5.82. The molecule has 2 aliphatic rings. The third kappa shape index (κ3) is 2.74. The molecule has 2 atom stereocenters. The van der Waals surface area contributed by atoms with Gasteiger partial charge in [0.1, 0.15) is 0 Å². The molecule has 2 heterocycles. The van der Waals surface area contributed by atoms with E-state index in [4.69, 9.17) is 4.74 Å². The van der Waals surface area contributed by atoms with E-state index >= 15 is 0 Å². The molecular formula is C12H22N2O2. The Morgan fingerprint density at radius 1 is 1.56 bits per heavy atom. The van der Waals surface area contributed by atoms with Crippen LogP contribution < -0.4 is 10.6 Å². The van der Waals surface area contributed by atoms with Crippen molar-refractivity contribution < 1.29 is 9.53 Å². The van der Waals surface area contributed by atoms with Crippen molar-refractivity contribution in [1.82, 2.24) is 10.6 Å². The Balaban J connectivity index is 1.77. The van der Waals surface area contributed by atoms with Gasteiger partial charge in [-0.15, -0.1) is 0 Å². The first kappa shape index (κ1) is 11.9. The second kappa shape index (κ2) is 5.15. The molecule has 0 saturated carbocycles. The van der Waals surface area contributed by atoms with E-state index < -0.39 is 0 Å². The molecule has 4 nitrogen and oxygen atoms in total. The molecule has 0 aromatic rings. The van der Waals surface area contributed by atoms with E-state index in [0.717, 1.165) is 45.4 Å². The Bertz CT molecular complexity index is 243. The SMILES string of the molecule is CC1(C(=O)NCC2CCCO2)CCCNC1. The van der Waals surface area contributed by atoms with Gasteiger partial charge in [0, 0.05) is 19.7 Å². The van der Waals surface area contributed by atoms with Gasteiger partial charge < -0.3 is 15.4 Å². The summed E-state index contributed by atoms with van der Waals surface area (Å²) >= 11 is 0. The molecule has 2 aliphatic heterocycles. The summed E-state index contributed by atoms with van der Waals surface area (Å²) in [6.07, 6.45) is 4.51. The van der Waals surface area contributed by atoms with E-state index in [1.54, 1.807) is 0 Å². The number of carbonyl (C=O) groups is 1. The lowest BCUT2D eigenvalue weighted by Gasteiger charge is -2.32. The molecule has 2 saturated heterocycles. The molecule has 0 spiro atoms. The van der Waals surface area contributed by atoms with Crippen LogP contribution in [0.15, 0.2) is 0 Å². The number of piperidine rings is 1. The number of amides is 1. The molecule has 0 radical (unpaired) electrons.